The van der Waals surface area contributed by atoms with Crippen LogP contribution in [0.15, 0.2) is 18.2 Å². The van der Waals surface area contributed by atoms with E-state index in [9.17, 15) is 13.2 Å². The monoisotopic (exact) mass is 226 g/mol. The van der Waals surface area contributed by atoms with Crippen LogP contribution < -0.4 is 4.72 Å². The molecular formula is C9H10N2O3S. The second kappa shape index (κ2) is 2.96. The van der Waals surface area contributed by atoms with Gasteiger partial charge in [-0.1, -0.05) is 11.6 Å². The van der Waals surface area contributed by atoms with Gasteiger partial charge in [-0.25, -0.2) is 4.31 Å². The van der Waals surface area contributed by atoms with Gasteiger partial charge in [0.1, 0.15) is 0 Å². The summed E-state index contributed by atoms with van der Waals surface area (Å²) in [5.41, 5.74) is 1.63. The Morgan fingerprint density at radius 1 is 1.33 bits per heavy atom. The molecular weight excluding hydrogens is 216 g/mol. The number of rotatable bonds is 0. The van der Waals surface area contributed by atoms with Crippen LogP contribution in [0.1, 0.15) is 15.9 Å². The van der Waals surface area contributed by atoms with Crippen LogP contribution >= 0.6 is 0 Å². The van der Waals surface area contributed by atoms with Crippen molar-refractivity contribution in [1.82, 2.24) is 4.31 Å². The molecule has 0 aromatic heterocycles. The van der Waals surface area contributed by atoms with Crippen molar-refractivity contribution in [2.75, 3.05) is 11.8 Å². The van der Waals surface area contributed by atoms with E-state index in [0.717, 1.165) is 5.56 Å². The Balaban J connectivity index is 2.66. The summed E-state index contributed by atoms with van der Waals surface area (Å²) in [5.74, 6) is -0.507. The van der Waals surface area contributed by atoms with Crippen molar-refractivity contribution in [3.05, 3.63) is 29.3 Å². The number of carbonyl (C=O) groups is 1. The van der Waals surface area contributed by atoms with Crippen LogP contribution in [-0.4, -0.2) is 25.7 Å². The third kappa shape index (κ3) is 1.46. The predicted octanol–water partition coefficient (Wildman–Crippen LogP) is 0.737. The van der Waals surface area contributed by atoms with Crippen LogP contribution in [0.2, 0.25) is 0 Å². The number of carbonyl (C=O) groups excluding carboxylic acids is 1. The van der Waals surface area contributed by atoms with E-state index in [1.807, 2.05) is 6.92 Å². The maximum atomic E-state index is 11.7. The van der Waals surface area contributed by atoms with Gasteiger partial charge in [-0.05, 0) is 19.1 Å². The van der Waals surface area contributed by atoms with Gasteiger partial charge in [-0.15, -0.1) is 0 Å². The maximum absolute atomic E-state index is 11.7. The van der Waals surface area contributed by atoms with Crippen LogP contribution in [0.25, 0.3) is 0 Å². The molecule has 1 aliphatic heterocycles. The van der Waals surface area contributed by atoms with Gasteiger partial charge in [-0.2, -0.15) is 8.42 Å². The van der Waals surface area contributed by atoms with Gasteiger partial charge in [0, 0.05) is 7.05 Å². The molecule has 1 heterocycles. The summed E-state index contributed by atoms with van der Waals surface area (Å²) in [5, 5.41) is 0. The first-order chi connectivity index (χ1) is 6.92. The summed E-state index contributed by atoms with van der Waals surface area (Å²) in [6.45, 7) is 1.84. The summed E-state index contributed by atoms with van der Waals surface area (Å²) in [4.78, 5) is 11.7. The van der Waals surface area contributed by atoms with E-state index in [-0.39, 0.29) is 0 Å². The largest absolute Gasteiger partial charge is 0.326 e. The second-order valence-electron chi connectivity index (χ2n) is 3.43. The first kappa shape index (κ1) is 9.97. The van der Waals surface area contributed by atoms with Crippen molar-refractivity contribution in [2.24, 2.45) is 0 Å². The van der Waals surface area contributed by atoms with E-state index in [1.165, 1.54) is 7.05 Å². The van der Waals surface area contributed by atoms with E-state index in [2.05, 4.69) is 4.72 Å². The third-order valence-corrected chi connectivity index (χ3v) is 3.66. The number of aryl methyl sites for hydroxylation is 1. The molecule has 5 nitrogen and oxygen atoms in total. The molecule has 1 amide bonds. The van der Waals surface area contributed by atoms with Crippen LogP contribution in [0.4, 0.5) is 5.69 Å². The van der Waals surface area contributed by atoms with Crippen LogP contribution in [-0.2, 0) is 10.2 Å². The normalized spacial score (nSPS) is 18.3. The zero-order valence-electron chi connectivity index (χ0n) is 8.31. The molecule has 1 aromatic rings. The molecule has 0 radical (unpaired) electrons. The first-order valence-electron chi connectivity index (χ1n) is 4.33. The Hall–Kier alpha value is -1.56. The van der Waals surface area contributed by atoms with Crippen molar-refractivity contribution < 1.29 is 13.2 Å². The highest BCUT2D eigenvalue weighted by Crippen LogP contribution is 2.25. The second-order valence-corrected chi connectivity index (χ2v) is 5.13. The number of anilines is 1. The van der Waals surface area contributed by atoms with Crippen molar-refractivity contribution >= 4 is 21.8 Å². The molecule has 0 spiro atoms. The lowest BCUT2D eigenvalue weighted by molar-refractivity contribution is 0.0882. The average Bonchev–Trinajstić information content (AvgIpc) is 2.16. The van der Waals surface area contributed by atoms with Gasteiger partial charge >= 0.3 is 10.2 Å². The van der Waals surface area contributed by atoms with E-state index >= 15 is 0 Å². The van der Waals surface area contributed by atoms with Crippen molar-refractivity contribution in [3.8, 4) is 0 Å². The number of nitrogens with zero attached hydrogens (tertiary/aromatic N) is 1. The van der Waals surface area contributed by atoms with E-state index in [0.29, 0.717) is 15.6 Å². The number of fused-ring (bicyclic) bond motifs is 1. The Labute approximate surface area is 87.9 Å². The maximum Gasteiger partial charge on any atom is 0.326 e. The minimum absolute atomic E-state index is 0.337. The summed E-state index contributed by atoms with van der Waals surface area (Å²) >= 11 is 0. The molecule has 15 heavy (non-hydrogen) atoms. The molecule has 1 N–H and O–H groups in total. The number of hydrogen-bond donors (Lipinski definition) is 1. The lowest BCUT2D eigenvalue weighted by Gasteiger charge is -2.25. The van der Waals surface area contributed by atoms with Gasteiger partial charge in [-0.3, -0.25) is 9.52 Å². The van der Waals surface area contributed by atoms with Gasteiger partial charge in [0.15, 0.2) is 0 Å². The molecule has 1 aliphatic rings. The Morgan fingerprint density at radius 2 is 2.00 bits per heavy atom. The van der Waals surface area contributed by atoms with E-state index < -0.39 is 16.1 Å². The lowest BCUT2D eigenvalue weighted by atomic mass is 10.1. The van der Waals surface area contributed by atoms with Gasteiger partial charge in [0.25, 0.3) is 5.91 Å². The lowest BCUT2D eigenvalue weighted by Crippen LogP contribution is -2.41. The summed E-state index contributed by atoms with van der Waals surface area (Å²) in [7, 11) is -2.47. The molecule has 0 bridgehead atoms. The van der Waals surface area contributed by atoms with E-state index in [1.54, 1.807) is 18.2 Å². The molecule has 2 rings (SSSR count). The molecule has 0 fully saturated rings. The minimum atomic E-state index is -3.70. The van der Waals surface area contributed by atoms with Crippen molar-refractivity contribution in [2.45, 2.75) is 6.92 Å². The number of benzene rings is 1. The quantitative estimate of drug-likeness (QED) is 0.709. The SMILES string of the molecule is Cc1ccc2c(c1)C(=O)N(C)S(=O)(=O)N2. The van der Waals surface area contributed by atoms with Gasteiger partial charge in [0.2, 0.25) is 0 Å². The Bertz CT molecular complexity index is 536. The predicted molar refractivity (Wildman–Crippen MR) is 55.8 cm³/mol. The molecule has 1 aromatic carbocycles. The topological polar surface area (TPSA) is 66.5 Å². The molecule has 0 saturated heterocycles. The van der Waals surface area contributed by atoms with Crippen molar-refractivity contribution in [1.29, 1.82) is 0 Å². The number of amides is 1. The summed E-state index contributed by atoms with van der Waals surface area (Å²) < 4.78 is 25.9. The first-order valence-corrected chi connectivity index (χ1v) is 5.77. The molecule has 0 atom stereocenters. The van der Waals surface area contributed by atoms with Crippen molar-refractivity contribution in [3.63, 3.8) is 0 Å². The molecule has 80 valence electrons. The summed E-state index contributed by atoms with van der Waals surface area (Å²) in [6.07, 6.45) is 0. The highest BCUT2D eigenvalue weighted by atomic mass is 32.2. The zero-order valence-corrected chi connectivity index (χ0v) is 9.13. The highest BCUT2D eigenvalue weighted by Gasteiger charge is 2.32. The summed E-state index contributed by atoms with van der Waals surface area (Å²) in [6, 6.07) is 5.00. The standard InChI is InChI=1S/C9H10N2O3S/c1-6-3-4-8-7(5-6)9(12)11(2)15(13,14)10-8/h3-5,10H,1-2H3. The number of nitrogens with one attached hydrogen (secondary N) is 1. The van der Waals surface area contributed by atoms with Gasteiger partial charge < -0.3 is 0 Å². The highest BCUT2D eigenvalue weighted by molar-refractivity contribution is 7.91. The fourth-order valence-corrected chi connectivity index (χ4v) is 2.32. The number of hydrogen-bond acceptors (Lipinski definition) is 3. The van der Waals surface area contributed by atoms with Crippen LogP contribution in [0.5, 0.6) is 0 Å². The van der Waals surface area contributed by atoms with Gasteiger partial charge in [0.05, 0.1) is 11.3 Å². The smallest absolute Gasteiger partial charge is 0.268 e. The third-order valence-electron chi connectivity index (χ3n) is 2.29. The zero-order chi connectivity index (χ0) is 11.2. The molecule has 0 aliphatic carbocycles. The van der Waals surface area contributed by atoms with E-state index in [4.69, 9.17) is 0 Å². The fourth-order valence-electron chi connectivity index (χ4n) is 1.41. The Morgan fingerprint density at radius 3 is 2.67 bits per heavy atom. The molecule has 0 saturated carbocycles. The van der Waals surface area contributed by atoms with Crippen LogP contribution in [0, 0.1) is 6.92 Å². The minimum Gasteiger partial charge on any atom is -0.268 e. The average molecular weight is 226 g/mol. The molecule has 0 unspecified atom stereocenters. The van der Waals surface area contributed by atoms with Crippen LogP contribution in [0.3, 0.4) is 0 Å². The Kier molecular flexibility index (Phi) is 1.97. The fraction of sp³-hybridized carbons (Fsp3) is 0.222. The molecule has 6 heteroatoms.